The second-order valence-electron chi connectivity index (χ2n) is 5.07. The summed E-state index contributed by atoms with van der Waals surface area (Å²) in [6, 6.07) is 18.7. The van der Waals surface area contributed by atoms with Crippen LogP contribution in [0.5, 0.6) is 5.75 Å². The molecular formula is C18H14N4O2S. The number of para-hydroxylation sites is 1. The summed E-state index contributed by atoms with van der Waals surface area (Å²) in [7, 11) is 0. The fraction of sp³-hybridized carbons (Fsp3) is 0.111. The highest BCUT2D eigenvalue weighted by atomic mass is 32.1. The Kier molecular flexibility index (Phi) is 5.34. The molecular weight excluding hydrogens is 336 g/mol. The maximum Gasteiger partial charge on any atom is 0.282 e. The third kappa shape index (κ3) is 4.40. The predicted molar refractivity (Wildman–Crippen MR) is 93.0 cm³/mol. The molecule has 7 heteroatoms. The standard InChI is InChI=1S/C18H14N4O2S/c19-10-14-8-4-5-9-15(14)24-12-16-21-22-18(25-16)17(23)20-11-13-6-2-1-3-7-13/h1-9H,11-12H2,(H,20,23). The molecule has 0 saturated heterocycles. The minimum Gasteiger partial charge on any atom is -0.485 e. The molecule has 1 N–H and O–H groups in total. The van der Waals surface area contributed by atoms with Gasteiger partial charge in [-0.05, 0) is 17.7 Å². The van der Waals surface area contributed by atoms with E-state index in [1.165, 1.54) is 11.3 Å². The van der Waals surface area contributed by atoms with Gasteiger partial charge in [-0.3, -0.25) is 4.79 Å². The van der Waals surface area contributed by atoms with Crippen molar-refractivity contribution in [3.8, 4) is 11.8 Å². The Bertz CT molecular complexity index is 903. The number of hydrogen-bond acceptors (Lipinski definition) is 6. The van der Waals surface area contributed by atoms with Crippen molar-refractivity contribution >= 4 is 17.2 Å². The lowest BCUT2D eigenvalue weighted by atomic mass is 10.2. The van der Waals surface area contributed by atoms with Crippen molar-refractivity contribution in [1.29, 1.82) is 5.26 Å². The van der Waals surface area contributed by atoms with Crippen molar-refractivity contribution in [2.24, 2.45) is 0 Å². The molecule has 0 atom stereocenters. The van der Waals surface area contributed by atoms with Gasteiger partial charge in [0.15, 0.2) is 5.01 Å². The molecule has 25 heavy (non-hydrogen) atoms. The van der Waals surface area contributed by atoms with Crippen LogP contribution < -0.4 is 10.1 Å². The van der Waals surface area contributed by atoms with E-state index in [0.717, 1.165) is 5.56 Å². The second kappa shape index (κ2) is 8.04. The number of nitrogens with one attached hydrogen (secondary N) is 1. The normalized spacial score (nSPS) is 10.0. The number of benzene rings is 2. The van der Waals surface area contributed by atoms with Crippen LogP contribution in [0.4, 0.5) is 0 Å². The Morgan fingerprint density at radius 2 is 1.88 bits per heavy atom. The molecule has 3 rings (SSSR count). The first-order valence-electron chi connectivity index (χ1n) is 7.52. The highest BCUT2D eigenvalue weighted by Gasteiger charge is 2.13. The number of amides is 1. The van der Waals surface area contributed by atoms with Crippen molar-refractivity contribution in [3.63, 3.8) is 0 Å². The van der Waals surface area contributed by atoms with Crippen LogP contribution in [0.25, 0.3) is 0 Å². The smallest absolute Gasteiger partial charge is 0.282 e. The summed E-state index contributed by atoms with van der Waals surface area (Å²) in [4.78, 5) is 12.1. The number of nitriles is 1. The van der Waals surface area contributed by atoms with Crippen molar-refractivity contribution in [1.82, 2.24) is 15.5 Å². The molecule has 124 valence electrons. The molecule has 2 aromatic carbocycles. The highest BCUT2D eigenvalue weighted by Crippen LogP contribution is 2.19. The first-order chi connectivity index (χ1) is 12.3. The summed E-state index contributed by atoms with van der Waals surface area (Å²) < 4.78 is 5.59. The molecule has 0 spiro atoms. The minimum atomic E-state index is -0.273. The number of rotatable bonds is 6. The maximum absolute atomic E-state index is 12.1. The van der Waals surface area contributed by atoms with Crippen LogP contribution in [-0.4, -0.2) is 16.1 Å². The maximum atomic E-state index is 12.1. The van der Waals surface area contributed by atoms with Gasteiger partial charge in [0.2, 0.25) is 5.01 Å². The molecule has 1 amide bonds. The summed E-state index contributed by atoms with van der Waals surface area (Å²) in [5.41, 5.74) is 1.46. The molecule has 6 nitrogen and oxygen atoms in total. The number of nitrogens with zero attached hydrogens (tertiary/aromatic N) is 3. The molecule has 0 aliphatic rings. The van der Waals surface area contributed by atoms with E-state index in [9.17, 15) is 4.79 Å². The van der Waals surface area contributed by atoms with Crippen LogP contribution in [-0.2, 0) is 13.2 Å². The molecule has 0 unspecified atom stereocenters. The van der Waals surface area contributed by atoms with Gasteiger partial charge < -0.3 is 10.1 Å². The third-order valence-electron chi connectivity index (χ3n) is 3.32. The zero-order valence-electron chi connectivity index (χ0n) is 13.2. The van der Waals surface area contributed by atoms with Gasteiger partial charge in [-0.1, -0.05) is 53.8 Å². The van der Waals surface area contributed by atoms with Crippen LogP contribution in [0, 0.1) is 11.3 Å². The fourth-order valence-electron chi connectivity index (χ4n) is 2.08. The quantitative estimate of drug-likeness (QED) is 0.738. The number of aromatic nitrogens is 2. The summed E-state index contributed by atoms with van der Waals surface area (Å²) in [6.45, 7) is 0.586. The second-order valence-corrected chi connectivity index (χ2v) is 6.13. The number of carbonyl (C=O) groups is 1. The van der Waals surface area contributed by atoms with E-state index in [1.807, 2.05) is 30.3 Å². The van der Waals surface area contributed by atoms with Crippen molar-refractivity contribution in [2.45, 2.75) is 13.2 Å². The Hall–Kier alpha value is -3.24. The Balaban J connectivity index is 1.57. The predicted octanol–water partition coefficient (Wildman–Crippen LogP) is 2.92. The number of hydrogen-bond donors (Lipinski definition) is 1. The summed E-state index contributed by atoms with van der Waals surface area (Å²) in [6.07, 6.45) is 0. The molecule has 0 saturated carbocycles. The van der Waals surface area contributed by atoms with E-state index >= 15 is 0 Å². The van der Waals surface area contributed by atoms with Crippen LogP contribution in [0.15, 0.2) is 54.6 Å². The average molecular weight is 350 g/mol. The molecule has 0 bridgehead atoms. The zero-order chi connectivity index (χ0) is 17.5. The molecule has 0 radical (unpaired) electrons. The van der Waals surface area contributed by atoms with Gasteiger partial charge in [-0.15, -0.1) is 10.2 Å². The van der Waals surface area contributed by atoms with Gasteiger partial charge in [-0.2, -0.15) is 5.26 Å². The molecule has 0 aliphatic carbocycles. The summed E-state index contributed by atoms with van der Waals surface area (Å²) in [5, 5.41) is 20.5. The van der Waals surface area contributed by atoms with Crippen molar-refractivity contribution < 1.29 is 9.53 Å². The lowest BCUT2D eigenvalue weighted by Gasteiger charge is -2.04. The minimum absolute atomic E-state index is 0.155. The van der Waals surface area contributed by atoms with E-state index in [0.29, 0.717) is 22.9 Å². The van der Waals surface area contributed by atoms with Gasteiger partial charge in [-0.25, -0.2) is 0 Å². The summed E-state index contributed by atoms with van der Waals surface area (Å²) in [5.74, 6) is 0.209. The van der Waals surface area contributed by atoms with Crippen LogP contribution >= 0.6 is 11.3 Å². The van der Waals surface area contributed by atoms with E-state index in [-0.39, 0.29) is 17.5 Å². The third-order valence-corrected chi connectivity index (χ3v) is 4.21. The van der Waals surface area contributed by atoms with Gasteiger partial charge >= 0.3 is 0 Å². The van der Waals surface area contributed by atoms with E-state index in [4.69, 9.17) is 10.00 Å². The van der Waals surface area contributed by atoms with Crippen LogP contribution in [0.3, 0.4) is 0 Å². The zero-order valence-corrected chi connectivity index (χ0v) is 14.0. The molecule has 1 heterocycles. The molecule has 1 aromatic heterocycles. The highest BCUT2D eigenvalue weighted by molar-refractivity contribution is 7.13. The number of carbonyl (C=O) groups excluding carboxylic acids is 1. The lowest BCUT2D eigenvalue weighted by molar-refractivity contribution is 0.0950. The van der Waals surface area contributed by atoms with Crippen LogP contribution in [0.1, 0.15) is 25.9 Å². The first-order valence-corrected chi connectivity index (χ1v) is 8.34. The molecule has 0 aliphatic heterocycles. The van der Waals surface area contributed by atoms with Gasteiger partial charge in [0.25, 0.3) is 5.91 Å². The lowest BCUT2D eigenvalue weighted by Crippen LogP contribution is -2.22. The molecule has 3 aromatic rings. The van der Waals surface area contributed by atoms with Crippen molar-refractivity contribution in [2.75, 3.05) is 0 Å². The van der Waals surface area contributed by atoms with Gasteiger partial charge in [0, 0.05) is 6.54 Å². The SMILES string of the molecule is N#Cc1ccccc1OCc1nnc(C(=O)NCc2ccccc2)s1. The van der Waals surface area contributed by atoms with E-state index in [1.54, 1.807) is 24.3 Å². The summed E-state index contributed by atoms with van der Waals surface area (Å²) >= 11 is 1.17. The van der Waals surface area contributed by atoms with Crippen molar-refractivity contribution in [3.05, 3.63) is 75.7 Å². The fourth-order valence-corrected chi connectivity index (χ4v) is 2.75. The first kappa shape index (κ1) is 16.6. The van der Waals surface area contributed by atoms with Gasteiger partial charge in [0.05, 0.1) is 5.56 Å². The van der Waals surface area contributed by atoms with Gasteiger partial charge in [0.1, 0.15) is 18.4 Å². The van der Waals surface area contributed by atoms with E-state index < -0.39 is 0 Å². The largest absolute Gasteiger partial charge is 0.485 e. The van der Waals surface area contributed by atoms with E-state index in [2.05, 4.69) is 21.6 Å². The molecule has 0 fully saturated rings. The Labute approximate surface area is 148 Å². The number of ether oxygens (including phenoxy) is 1. The van der Waals surface area contributed by atoms with Crippen LogP contribution in [0.2, 0.25) is 0 Å². The Morgan fingerprint density at radius 3 is 2.68 bits per heavy atom. The monoisotopic (exact) mass is 350 g/mol. The average Bonchev–Trinajstić information content (AvgIpc) is 3.14. The topological polar surface area (TPSA) is 87.9 Å². The Morgan fingerprint density at radius 1 is 1.12 bits per heavy atom.